The van der Waals surface area contributed by atoms with Crippen molar-refractivity contribution in [1.82, 2.24) is 20.3 Å². The van der Waals surface area contributed by atoms with Crippen LogP contribution in [-0.4, -0.2) is 45.7 Å². The van der Waals surface area contributed by atoms with Crippen LogP contribution in [0, 0.1) is 5.41 Å². The molecule has 0 bridgehead atoms. The van der Waals surface area contributed by atoms with Gasteiger partial charge in [-0.3, -0.25) is 9.48 Å². The monoisotopic (exact) mass is 253 g/mol. The average Bonchev–Trinajstić information content (AvgIpc) is 2.96. The predicted molar refractivity (Wildman–Crippen MR) is 64.8 cm³/mol. The molecule has 1 aliphatic carbocycles. The molecule has 100 valence electrons. The summed E-state index contributed by atoms with van der Waals surface area (Å²) in [4.78, 5) is 11.8. The molecule has 0 unspecified atom stereocenters. The van der Waals surface area contributed by atoms with Crippen molar-refractivity contribution in [3.8, 4) is 0 Å². The van der Waals surface area contributed by atoms with Crippen molar-refractivity contribution >= 4 is 5.91 Å². The van der Waals surface area contributed by atoms with Crippen LogP contribution < -0.4 is 11.1 Å². The number of carbonyl (C=O) groups is 1. The molecule has 1 saturated carbocycles. The van der Waals surface area contributed by atoms with E-state index in [2.05, 4.69) is 15.6 Å². The third-order valence-corrected chi connectivity index (χ3v) is 3.35. The van der Waals surface area contributed by atoms with Crippen LogP contribution in [0.1, 0.15) is 29.8 Å². The lowest BCUT2D eigenvalue weighted by molar-refractivity contribution is 0.0935. The van der Waals surface area contributed by atoms with E-state index in [1.54, 1.807) is 10.9 Å². The lowest BCUT2D eigenvalue weighted by Crippen LogP contribution is -2.31. The van der Waals surface area contributed by atoms with Crippen molar-refractivity contribution in [2.75, 3.05) is 19.7 Å². The third-order valence-electron chi connectivity index (χ3n) is 3.35. The largest absolute Gasteiger partial charge is 0.396 e. The Balaban J connectivity index is 1.83. The summed E-state index contributed by atoms with van der Waals surface area (Å²) in [5, 5.41) is 19.4. The fourth-order valence-corrected chi connectivity index (χ4v) is 1.93. The molecular weight excluding hydrogens is 234 g/mol. The van der Waals surface area contributed by atoms with E-state index in [4.69, 9.17) is 10.8 Å². The van der Waals surface area contributed by atoms with E-state index < -0.39 is 0 Å². The Labute approximate surface area is 105 Å². The van der Waals surface area contributed by atoms with Gasteiger partial charge in [-0.2, -0.15) is 0 Å². The van der Waals surface area contributed by atoms with Gasteiger partial charge in [0, 0.05) is 19.7 Å². The van der Waals surface area contributed by atoms with Crippen LogP contribution >= 0.6 is 0 Å². The number of carbonyl (C=O) groups excluding carboxylic acids is 1. The molecule has 1 amide bonds. The van der Waals surface area contributed by atoms with E-state index in [1.165, 1.54) is 0 Å². The van der Waals surface area contributed by atoms with Crippen molar-refractivity contribution < 1.29 is 9.90 Å². The molecule has 0 radical (unpaired) electrons. The first-order valence-electron chi connectivity index (χ1n) is 6.18. The fraction of sp³-hybridized carbons (Fsp3) is 0.727. The second kappa shape index (κ2) is 5.45. The Morgan fingerprint density at radius 3 is 3.00 bits per heavy atom. The van der Waals surface area contributed by atoms with E-state index >= 15 is 0 Å². The second-order valence-electron chi connectivity index (χ2n) is 4.81. The standard InChI is InChI=1S/C11H19N5O2/c12-4-5-16-7-9(14-15-16)10(18)13-8-11(1-2-11)3-6-17/h7,17H,1-6,8,12H2,(H,13,18). The molecule has 0 aliphatic heterocycles. The van der Waals surface area contributed by atoms with Crippen molar-refractivity contribution in [1.29, 1.82) is 0 Å². The topological polar surface area (TPSA) is 106 Å². The van der Waals surface area contributed by atoms with Gasteiger partial charge in [-0.25, -0.2) is 0 Å². The first-order chi connectivity index (χ1) is 8.69. The highest BCUT2D eigenvalue weighted by Gasteiger charge is 2.42. The molecule has 1 heterocycles. The summed E-state index contributed by atoms with van der Waals surface area (Å²) in [5.74, 6) is -0.220. The van der Waals surface area contributed by atoms with Gasteiger partial charge in [0.05, 0.1) is 12.7 Å². The molecule has 1 aromatic heterocycles. The minimum Gasteiger partial charge on any atom is -0.396 e. The van der Waals surface area contributed by atoms with Crippen LogP contribution in [-0.2, 0) is 6.54 Å². The van der Waals surface area contributed by atoms with E-state index in [0.29, 0.717) is 25.3 Å². The average molecular weight is 253 g/mol. The Morgan fingerprint density at radius 2 is 2.39 bits per heavy atom. The van der Waals surface area contributed by atoms with Gasteiger partial charge in [0.2, 0.25) is 0 Å². The third kappa shape index (κ3) is 3.05. The van der Waals surface area contributed by atoms with Crippen molar-refractivity contribution in [2.45, 2.75) is 25.8 Å². The van der Waals surface area contributed by atoms with Gasteiger partial charge in [-0.1, -0.05) is 5.21 Å². The van der Waals surface area contributed by atoms with E-state index in [0.717, 1.165) is 19.3 Å². The maximum Gasteiger partial charge on any atom is 0.273 e. The van der Waals surface area contributed by atoms with Crippen molar-refractivity contribution in [3.05, 3.63) is 11.9 Å². The van der Waals surface area contributed by atoms with Gasteiger partial charge in [0.1, 0.15) is 0 Å². The number of aliphatic hydroxyl groups excluding tert-OH is 1. The lowest BCUT2D eigenvalue weighted by Gasteiger charge is -2.13. The summed E-state index contributed by atoms with van der Waals surface area (Å²) in [6.07, 6.45) is 4.46. The van der Waals surface area contributed by atoms with Gasteiger partial charge >= 0.3 is 0 Å². The molecule has 7 nitrogen and oxygen atoms in total. The first-order valence-corrected chi connectivity index (χ1v) is 6.18. The SMILES string of the molecule is NCCn1cc(C(=O)NCC2(CCO)CC2)nn1. The maximum absolute atomic E-state index is 11.8. The summed E-state index contributed by atoms with van der Waals surface area (Å²) in [6.45, 7) is 1.78. The highest BCUT2D eigenvalue weighted by atomic mass is 16.3. The number of nitrogens with one attached hydrogen (secondary N) is 1. The molecule has 2 rings (SSSR count). The Morgan fingerprint density at radius 1 is 1.61 bits per heavy atom. The number of nitrogens with two attached hydrogens (primary N) is 1. The molecule has 7 heteroatoms. The summed E-state index contributed by atoms with van der Waals surface area (Å²) >= 11 is 0. The summed E-state index contributed by atoms with van der Waals surface area (Å²) < 4.78 is 1.55. The number of hydrogen-bond donors (Lipinski definition) is 3. The highest BCUT2D eigenvalue weighted by Crippen LogP contribution is 2.47. The molecule has 1 aromatic rings. The molecule has 0 aromatic carbocycles. The van der Waals surface area contributed by atoms with Crippen LogP contribution in [0.5, 0.6) is 0 Å². The molecule has 0 spiro atoms. The summed E-state index contributed by atoms with van der Waals surface area (Å²) in [7, 11) is 0. The number of nitrogens with zero attached hydrogens (tertiary/aromatic N) is 3. The van der Waals surface area contributed by atoms with Crippen LogP contribution in [0.4, 0.5) is 0 Å². The minimum atomic E-state index is -0.220. The van der Waals surface area contributed by atoms with E-state index in [9.17, 15) is 4.79 Å². The van der Waals surface area contributed by atoms with Gasteiger partial charge in [0.25, 0.3) is 5.91 Å². The van der Waals surface area contributed by atoms with Gasteiger partial charge in [-0.05, 0) is 24.7 Å². The van der Waals surface area contributed by atoms with Crippen molar-refractivity contribution in [2.24, 2.45) is 11.1 Å². The van der Waals surface area contributed by atoms with Crippen LogP contribution in [0.15, 0.2) is 6.20 Å². The summed E-state index contributed by atoms with van der Waals surface area (Å²) in [6, 6.07) is 0. The van der Waals surface area contributed by atoms with Crippen LogP contribution in [0.2, 0.25) is 0 Å². The molecule has 0 saturated heterocycles. The van der Waals surface area contributed by atoms with Crippen molar-refractivity contribution in [3.63, 3.8) is 0 Å². The Bertz CT molecular complexity index is 413. The molecule has 1 fully saturated rings. The van der Waals surface area contributed by atoms with Crippen LogP contribution in [0.25, 0.3) is 0 Å². The molecule has 18 heavy (non-hydrogen) atoms. The van der Waals surface area contributed by atoms with Gasteiger partial charge < -0.3 is 16.2 Å². The van der Waals surface area contributed by atoms with E-state index in [1.807, 2.05) is 0 Å². The summed E-state index contributed by atoms with van der Waals surface area (Å²) in [5.41, 5.74) is 5.81. The molecule has 0 atom stereocenters. The number of aromatic nitrogens is 3. The zero-order chi connectivity index (χ0) is 13.0. The molecule has 1 aliphatic rings. The van der Waals surface area contributed by atoms with Gasteiger partial charge in [0.15, 0.2) is 5.69 Å². The normalized spacial score (nSPS) is 16.6. The fourth-order valence-electron chi connectivity index (χ4n) is 1.93. The highest BCUT2D eigenvalue weighted by molar-refractivity contribution is 5.91. The van der Waals surface area contributed by atoms with Crippen LogP contribution in [0.3, 0.4) is 0 Å². The zero-order valence-electron chi connectivity index (χ0n) is 10.3. The Hall–Kier alpha value is -1.47. The molecule has 4 N–H and O–H groups in total. The second-order valence-corrected chi connectivity index (χ2v) is 4.81. The molecular formula is C11H19N5O2. The number of amides is 1. The zero-order valence-corrected chi connectivity index (χ0v) is 10.3. The number of hydrogen-bond acceptors (Lipinski definition) is 5. The Kier molecular flexibility index (Phi) is 3.93. The maximum atomic E-state index is 11.8. The predicted octanol–water partition coefficient (Wildman–Crippen LogP) is -0.871. The quantitative estimate of drug-likeness (QED) is 0.585. The number of rotatable bonds is 7. The number of aliphatic hydroxyl groups is 1. The minimum absolute atomic E-state index is 0.109. The lowest BCUT2D eigenvalue weighted by atomic mass is 10.0. The van der Waals surface area contributed by atoms with Gasteiger partial charge in [-0.15, -0.1) is 5.10 Å². The van der Waals surface area contributed by atoms with E-state index in [-0.39, 0.29) is 17.9 Å². The first kappa shape index (κ1) is 13.0. The smallest absolute Gasteiger partial charge is 0.273 e.